The molecule has 2 rings (SSSR count). The van der Waals surface area contributed by atoms with E-state index in [1.54, 1.807) is 12.4 Å². The Morgan fingerprint density at radius 2 is 2.36 bits per heavy atom. The normalized spacial score (nSPS) is 14.2. The SMILES string of the molecule is C1=CN=Cc2ncncc2C1. The number of allylic oxidation sites excluding steroid dienone is 1. The monoisotopic (exact) mass is 145 g/mol. The Kier molecular flexibility index (Phi) is 1.48. The van der Waals surface area contributed by atoms with Crippen molar-refractivity contribution in [1.29, 1.82) is 0 Å². The molecule has 0 fully saturated rings. The van der Waals surface area contributed by atoms with Crippen LogP contribution >= 0.6 is 0 Å². The minimum atomic E-state index is 0.871. The average molecular weight is 145 g/mol. The maximum atomic E-state index is 4.08. The van der Waals surface area contributed by atoms with Crippen LogP contribution in [0.5, 0.6) is 0 Å². The van der Waals surface area contributed by atoms with Gasteiger partial charge in [0.25, 0.3) is 0 Å². The molecule has 1 aliphatic rings. The van der Waals surface area contributed by atoms with Gasteiger partial charge < -0.3 is 0 Å². The van der Waals surface area contributed by atoms with Gasteiger partial charge in [0.05, 0.1) is 11.9 Å². The van der Waals surface area contributed by atoms with Crippen LogP contribution in [0.15, 0.2) is 29.8 Å². The topological polar surface area (TPSA) is 38.1 Å². The molecule has 0 aliphatic carbocycles. The molecule has 0 bridgehead atoms. The minimum absolute atomic E-state index is 0.871. The van der Waals surface area contributed by atoms with Gasteiger partial charge in [-0.25, -0.2) is 9.97 Å². The highest BCUT2D eigenvalue weighted by Crippen LogP contribution is 2.05. The molecule has 1 aromatic heterocycles. The van der Waals surface area contributed by atoms with E-state index >= 15 is 0 Å². The lowest BCUT2D eigenvalue weighted by atomic mass is 10.2. The van der Waals surface area contributed by atoms with Gasteiger partial charge in [-0.3, -0.25) is 4.99 Å². The summed E-state index contributed by atoms with van der Waals surface area (Å²) in [4.78, 5) is 12.0. The van der Waals surface area contributed by atoms with Gasteiger partial charge in [0.2, 0.25) is 0 Å². The molecular formula is C8H7N3. The Balaban J connectivity index is 2.52. The number of aliphatic imine (C=N–C) groups is 1. The number of rotatable bonds is 0. The van der Waals surface area contributed by atoms with Gasteiger partial charge in [0, 0.05) is 18.0 Å². The zero-order chi connectivity index (χ0) is 7.52. The summed E-state index contributed by atoms with van der Waals surface area (Å²) in [5.74, 6) is 0. The van der Waals surface area contributed by atoms with Crippen LogP contribution < -0.4 is 0 Å². The van der Waals surface area contributed by atoms with Crippen LogP contribution in [0.2, 0.25) is 0 Å². The van der Waals surface area contributed by atoms with E-state index in [1.807, 2.05) is 12.3 Å². The van der Waals surface area contributed by atoms with Gasteiger partial charge >= 0.3 is 0 Å². The first-order valence-corrected chi connectivity index (χ1v) is 3.44. The molecule has 0 amide bonds. The fraction of sp³-hybridized carbons (Fsp3) is 0.125. The van der Waals surface area contributed by atoms with Crippen LogP contribution in [0.1, 0.15) is 11.3 Å². The average Bonchev–Trinajstić information content (AvgIpc) is 2.28. The Hall–Kier alpha value is -1.51. The molecule has 11 heavy (non-hydrogen) atoms. The van der Waals surface area contributed by atoms with Crippen molar-refractivity contribution in [3.63, 3.8) is 0 Å². The molecule has 3 nitrogen and oxygen atoms in total. The van der Waals surface area contributed by atoms with Gasteiger partial charge in [-0.2, -0.15) is 0 Å². The van der Waals surface area contributed by atoms with Gasteiger partial charge in [-0.1, -0.05) is 6.08 Å². The standard InChI is InChI=1S/C8H7N3/c1-2-7-4-10-6-11-8(7)5-9-3-1/h1,3-6H,2H2. The van der Waals surface area contributed by atoms with Crippen molar-refractivity contribution in [3.05, 3.63) is 36.1 Å². The van der Waals surface area contributed by atoms with Crippen LogP contribution in [-0.2, 0) is 6.42 Å². The molecular weight excluding hydrogens is 138 g/mol. The Bertz CT molecular complexity index is 315. The summed E-state index contributed by atoms with van der Waals surface area (Å²) in [6.07, 6.45) is 9.75. The van der Waals surface area contributed by atoms with E-state index < -0.39 is 0 Å². The lowest BCUT2D eigenvalue weighted by Crippen LogP contribution is -1.94. The van der Waals surface area contributed by atoms with Crippen molar-refractivity contribution >= 4 is 6.21 Å². The van der Waals surface area contributed by atoms with Crippen molar-refractivity contribution in [3.8, 4) is 0 Å². The highest BCUT2D eigenvalue weighted by Gasteiger charge is 2.00. The Labute approximate surface area is 64.5 Å². The molecule has 0 spiro atoms. The molecule has 0 radical (unpaired) electrons. The molecule has 1 aliphatic heterocycles. The van der Waals surface area contributed by atoms with Gasteiger partial charge in [0.15, 0.2) is 0 Å². The summed E-state index contributed by atoms with van der Waals surface area (Å²) in [6.45, 7) is 0. The Morgan fingerprint density at radius 1 is 1.36 bits per heavy atom. The molecule has 0 aromatic carbocycles. The van der Waals surface area contributed by atoms with Crippen LogP contribution in [0, 0.1) is 0 Å². The molecule has 3 heteroatoms. The van der Waals surface area contributed by atoms with Crippen LogP contribution in [0.3, 0.4) is 0 Å². The second-order valence-electron chi connectivity index (χ2n) is 2.30. The third-order valence-corrected chi connectivity index (χ3v) is 1.55. The maximum absolute atomic E-state index is 4.08. The second kappa shape index (κ2) is 2.62. The molecule has 0 atom stereocenters. The first kappa shape index (κ1) is 6.22. The Morgan fingerprint density at radius 3 is 3.36 bits per heavy atom. The summed E-state index contributed by atoms with van der Waals surface area (Å²) >= 11 is 0. The second-order valence-corrected chi connectivity index (χ2v) is 2.30. The summed E-state index contributed by atoms with van der Waals surface area (Å²) < 4.78 is 0. The van der Waals surface area contributed by atoms with Crippen LogP contribution in [0.25, 0.3) is 0 Å². The third-order valence-electron chi connectivity index (χ3n) is 1.55. The number of fused-ring (bicyclic) bond motifs is 1. The molecule has 0 saturated heterocycles. The molecule has 54 valence electrons. The van der Waals surface area contributed by atoms with E-state index in [4.69, 9.17) is 0 Å². The molecule has 1 aromatic rings. The van der Waals surface area contributed by atoms with E-state index in [0.717, 1.165) is 17.7 Å². The minimum Gasteiger partial charge on any atom is -0.263 e. The summed E-state index contributed by atoms with van der Waals surface area (Å²) in [6, 6.07) is 0. The number of hydrogen-bond acceptors (Lipinski definition) is 3. The van der Waals surface area contributed by atoms with Crippen molar-refractivity contribution in [2.45, 2.75) is 6.42 Å². The maximum Gasteiger partial charge on any atom is 0.116 e. The zero-order valence-electron chi connectivity index (χ0n) is 5.94. The summed E-state index contributed by atoms with van der Waals surface area (Å²) in [5.41, 5.74) is 2.05. The zero-order valence-corrected chi connectivity index (χ0v) is 5.94. The van der Waals surface area contributed by atoms with E-state index in [9.17, 15) is 0 Å². The highest BCUT2D eigenvalue weighted by molar-refractivity contribution is 5.79. The van der Waals surface area contributed by atoms with E-state index in [0.29, 0.717) is 0 Å². The number of aromatic nitrogens is 2. The first-order chi connectivity index (χ1) is 5.47. The largest absolute Gasteiger partial charge is 0.263 e. The first-order valence-electron chi connectivity index (χ1n) is 3.44. The molecule has 2 heterocycles. The lowest BCUT2D eigenvalue weighted by molar-refractivity contribution is 1.08. The van der Waals surface area contributed by atoms with Gasteiger partial charge in [-0.15, -0.1) is 0 Å². The lowest BCUT2D eigenvalue weighted by Gasteiger charge is -1.96. The van der Waals surface area contributed by atoms with Crippen molar-refractivity contribution in [2.24, 2.45) is 4.99 Å². The van der Waals surface area contributed by atoms with Gasteiger partial charge in [-0.05, 0) is 6.42 Å². The van der Waals surface area contributed by atoms with E-state index in [2.05, 4.69) is 15.0 Å². The van der Waals surface area contributed by atoms with Crippen LogP contribution in [0.4, 0.5) is 0 Å². The van der Waals surface area contributed by atoms with Gasteiger partial charge in [0.1, 0.15) is 6.33 Å². The predicted octanol–water partition coefficient (Wildman–Crippen LogP) is 0.965. The van der Waals surface area contributed by atoms with Crippen molar-refractivity contribution in [1.82, 2.24) is 9.97 Å². The van der Waals surface area contributed by atoms with E-state index in [1.165, 1.54) is 6.33 Å². The van der Waals surface area contributed by atoms with Crippen molar-refractivity contribution in [2.75, 3.05) is 0 Å². The number of hydrogen-bond donors (Lipinski definition) is 0. The highest BCUT2D eigenvalue weighted by atomic mass is 14.8. The van der Waals surface area contributed by atoms with E-state index in [-0.39, 0.29) is 0 Å². The quantitative estimate of drug-likeness (QED) is 0.545. The van der Waals surface area contributed by atoms with Crippen LogP contribution in [-0.4, -0.2) is 16.2 Å². The number of nitrogens with zero attached hydrogens (tertiary/aromatic N) is 3. The van der Waals surface area contributed by atoms with Crippen molar-refractivity contribution < 1.29 is 0 Å². The summed E-state index contributed by atoms with van der Waals surface area (Å²) in [5, 5.41) is 0. The third kappa shape index (κ3) is 1.17. The smallest absolute Gasteiger partial charge is 0.116 e. The molecule has 0 unspecified atom stereocenters. The molecule has 0 N–H and O–H groups in total. The molecule has 0 saturated carbocycles. The fourth-order valence-corrected chi connectivity index (χ4v) is 0.996. The predicted molar refractivity (Wildman–Crippen MR) is 42.5 cm³/mol. The fourth-order valence-electron chi connectivity index (χ4n) is 0.996. The summed E-state index contributed by atoms with van der Waals surface area (Å²) in [7, 11) is 0.